The van der Waals surface area contributed by atoms with E-state index in [1.807, 2.05) is 13.1 Å². The normalized spacial score (nSPS) is 11.7. The Hall–Kier alpha value is -1.47. The van der Waals surface area contributed by atoms with Crippen LogP contribution in [0.25, 0.3) is 0 Å². The molecule has 0 spiro atoms. The molecule has 2 aromatic heterocycles. The fraction of sp³-hybridized carbons (Fsp3) is 0.533. The van der Waals surface area contributed by atoms with E-state index in [2.05, 4.69) is 39.4 Å². The SMILES string of the molecule is CCc1cnc(CCNC(=NC)NCc2nc(C)c(C)s2)s1. The molecule has 120 valence electrons. The van der Waals surface area contributed by atoms with Crippen molar-refractivity contribution in [3.8, 4) is 0 Å². The van der Waals surface area contributed by atoms with Crippen LogP contribution in [0.3, 0.4) is 0 Å². The van der Waals surface area contributed by atoms with E-state index in [1.54, 1.807) is 29.7 Å². The Morgan fingerprint density at radius 2 is 2.05 bits per heavy atom. The third-order valence-corrected chi connectivity index (χ3v) is 5.56. The zero-order valence-corrected chi connectivity index (χ0v) is 15.2. The molecule has 0 radical (unpaired) electrons. The number of thiazole rings is 2. The van der Waals surface area contributed by atoms with E-state index < -0.39 is 0 Å². The van der Waals surface area contributed by atoms with E-state index in [1.165, 1.54) is 14.8 Å². The van der Waals surface area contributed by atoms with Gasteiger partial charge in [0.1, 0.15) is 5.01 Å². The van der Waals surface area contributed by atoms with Crippen LogP contribution in [0.1, 0.15) is 32.4 Å². The molecule has 5 nitrogen and oxygen atoms in total. The van der Waals surface area contributed by atoms with Gasteiger partial charge in [0.25, 0.3) is 0 Å². The van der Waals surface area contributed by atoms with E-state index in [0.717, 1.165) is 36.0 Å². The van der Waals surface area contributed by atoms with Gasteiger partial charge in [0.15, 0.2) is 5.96 Å². The van der Waals surface area contributed by atoms with Crippen LogP contribution in [0.2, 0.25) is 0 Å². The Bertz CT molecular complexity index is 610. The zero-order chi connectivity index (χ0) is 15.9. The Balaban J connectivity index is 1.75. The van der Waals surface area contributed by atoms with Crippen LogP contribution in [0.15, 0.2) is 11.2 Å². The molecule has 2 N–H and O–H groups in total. The Kier molecular flexibility index (Phi) is 6.33. The number of nitrogens with one attached hydrogen (secondary N) is 2. The highest BCUT2D eigenvalue weighted by Gasteiger charge is 2.05. The molecule has 7 heteroatoms. The van der Waals surface area contributed by atoms with Crippen molar-refractivity contribution < 1.29 is 0 Å². The first-order valence-electron chi connectivity index (χ1n) is 7.43. The Morgan fingerprint density at radius 1 is 1.23 bits per heavy atom. The van der Waals surface area contributed by atoms with Gasteiger partial charge in [-0.3, -0.25) is 4.99 Å². The summed E-state index contributed by atoms with van der Waals surface area (Å²) in [5.74, 6) is 0.803. The molecule has 2 rings (SSSR count). The zero-order valence-electron chi connectivity index (χ0n) is 13.6. The minimum Gasteiger partial charge on any atom is -0.356 e. The number of aryl methyl sites for hydroxylation is 3. The second kappa shape index (κ2) is 8.24. The average Bonchev–Trinajstić information content (AvgIpc) is 3.09. The maximum Gasteiger partial charge on any atom is 0.191 e. The predicted octanol–water partition coefficient (Wildman–Crippen LogP) is 2.69. The average molecular weight is 338 g/mol. The fourth-order valence-corrected chi connectivity index (χ4v) is 3.65. The minimum atomic E-state index is 0.705. The molecule has 2 heterocycles. The van der Waals surface area contributed by atoms with Crippen molar-refractivity contribution in [2.75, 3.05) is 13.6 Å². The first-order chi connectivity index (χ1) is 10.6. The first kappa shape index (κ1) is 16.9. The maximum absolute atomic E-state index is 4.52. The highest BCUT2D eigenvalue weighted by molar-refractivity contribution is 7.11. The molecule has 0 saturated heterocycles. The van der Waals surface area contributed by atoms with Crippen LogP contribution in [0.5, 0.6) is 0 Å². The monoisotopic (exact) mass is 337 g/mol. The molecule has 0 aliphatic rings. The molecule has 0 unspecified atom stereocenters. The number of hydrogen-bond acceptors (Lipinski definition) is 5. The molecular formula is C15H23N5S2. The summed E-state index contributed by atoms with van der Waals surface area (Å²) < 4.78 is 0. The summed E-state index contributed by atoms with van der Waals surface area (Å²) in [5.41, 5.74) is 1.11. The van der Waals surface area contributed by atoms with Gasteiger partial charge in [-0.05, 0) is 20.3 Å². The third-order valence-electron chi connectivity index (χ3n) is 3.28. The van der Waals surface area contributed by atoms with Crippen molar-refractivity contribution >= 4 is 28.6 Å². The summed E-state index contributed by atoms with van der Waals surface area (Å²) in [6.45, 7) is 7.83. The lowest BCUT2D eigenvalue weighted by Crippen LogP contribution is -2.37. The number of hydrogen-bond donors (Lipinski definition) is 2. The lowest BCUT2D eigenvalue weighted by atomic mass is 10.4. The van der Waals surface area contributed by atoms with Crippen LogP contribution in [0, 0.1) is 13.8 Å². The topological polar surface area (TPSA) is 62.2 Å². The number of aliphatic imine (C=N–C) groups is 1. The van der Waals surface area contributed by atoms with Crippen LogP contribution in [-0.2, 0) is 19.4 Å². The van der Waals surface area contributed by atoms with E-state index in [0.29, 0.717) is 6.54 Å². The molecule has 0 atom stereocenters. The molecule has 2 aromatic rings. The van der Waals surface area contributed by atoms with Crippen molar-refractivity contribution in [1.29, 1.82) is 0 Å². The van der Waals surface area contributed by atoms with E-state index in [4.69, 9.17) is 0 Å². The van der Waals surface area contributed by atoms with Gasteiger partial charge in [0.05, 0.1) is 17.2 Å². The Morgan fingerprint density at radius 3 is 2.64 bits per heavy atom. The van der Waals surface area contributed by atoms with Crippen molar-refractivity contribution in [3.05, 3.63) is 31.7 Å². The second-order valence-corrected chi connectivity index (χ2v) is 7.41. The highest BCUT2D eigenvalue weighted by atomic mass is 32.1. The van der Waals surface area contributed by atoms with Gasteiger partial charge >= 0.3 is 0 Å². The van der Waals surface area contributed by atoms with Gasteiger partial charge in [-0.2, -0.15) is 0 Å². The van der Waals surface area contributed by atoms with Gasteiger partial charge in [0, 0.05) is 36.0 Å². The lowest BCUT2D eigenvalue weighted by molar-refractivity contribution is 0.788. The van der Waals surface area contributed by atoms with E-state index >= 15 is 0 Å². The summed E-state index contributed by atoms with van der Waals surface area (Å²) in [7, 11) is 1.78. The third kappa shape index (κ3) is 4.78. The molecule has 0 aliphatic heterocycles. The summed E-state index contributed by atoms with van der Waals surface area (Å²) >= 11 is 3.52. The van der Waals surface area contributed by atoms with Crippen LogP contribution >= 0.6 is 22.7 Å². The quantitative estimate of drug-likeness (QED) is 0.628. The fourth-order valence-electron chi connectivity index (χ4n) is 1.91. The summed E-state index contributed by atoms with van der Waals surface area (Å²) in [6, 6.07) is 0. The first-order valence-corrected chi connectivity index (χ1v) is 9.06. The molecule has 0 aliphatic carbocycles. The number of aromatic nitrogens is 2. The minimum absolute atomic E-state index is 0.705. The molecular weight excluding hydrogens is 314 g/mol. The molecule has 0 saturated carbocycles. The van der Waals surface area contributed by atoms with Crippen molar-refractivity contribution in [2.24, 2.45) is 4.99 Å². The van der Waals surface area contributed by atoms with Gasteiger partial charge < -0.3 is 10.6 Å². The van der Waals surface area contributed by atoms with Gasteiger partial charge in [0.2, 0.25) is 0 Å². The van der Waals surface area contributed by atoms with Crippen LogP contribution in [-0.4, -0.2) is 29.5 Å². The summed E-state index contributed by atoms with van der Waals surface area (Å²) in [4.78, 5) is 15.8. The predicted molar refractivity (Wildman–Crippen MR) is 95.0 cm³/mol. The smallest absolute Gasteiger partial charge is 0.191 e. The largest absolute Gasteiger partial charge is 0.356 e. The molecule has 0 bridgehead atoms. The molecule has 0 amide bonds. The van der Waals surface area contributed by atoms with Crippen molar-refractivity contribution in [3.63, 3.8) is 0 Å². The number of rotatable bonds is 6. The van der Waals surface area contributed by atoms with E-state index in [-0.39, 0.29) is 0 Å². The molecule has 22 heavy (non-hydrogen) atoms. The van der Waals surface area contributed by atoms with Gasteiger partial charge in [-0.15, -0.1) is 22.7 Å². The highest BCUT2D eigenvalue weighted by Crippen LogP contribution is 2.16. The second-order valence-electron chi connectivity index (χ2n) is 4.93. The summed E-state index contributed by atoms with van der Waals surface area (Å²) in [6.07, 6.45) is 3.95. The van der Waals surface area contributed by atoms with Crippen LogP contribution < -0.4 is 10.6 Å². The molecule has 0 aromatic carbocycles. The Labute approximate surface area is 139 Å². The van der Waals surface area contributed by atoms with Crippen LogP contribution in [0.4, 0.5) is 0 Å². The van der Waals surface area contributed by atoms with Crippen molar-refractivity contribution in [2.45, 2.75) is 40.2 Å². The van der Waals surface area contributed by atoms with Gasteiger partial charge in [-0.25, -0.2) is 9.97 Å². The summed E-state index contributed by atoms with van der Waals surface area (Å²) in [5, 5.41) is 8.88. The number of guanidine groups is 1. The standard InChI is InChI=1S/C15H23N5S2/c1-5-12-8-18-13(22-12)6-7-17-15(16-4)19-9-14-20-10(2)11(3)21-14/h8H,5-7,9H2,1-4H3,(H2,16,17,19). The van der Waals surface area contributed by atoms with Gasteiger partial charge in [-0.1, -0.05) is 6.92 Å². The number of nitrogens with zero attached hydrogens (tertiary/aromatic N) is 3. The van der Waals surface area contributed by atoms with Crippen molar-refractivity contribution in [1.82, 2.24) is 20.6 Å². The maximum atomic E-state index is 4.52. The molecule has 0 fully saturated rings. The van der Waals surface area contributed by atoms with E-state index in [9.17, 15) is 0 Å². The lowest BCUT2D eigenvalue weighted by Gasteiger charge is -2.09.